The van der Waals surface area contributed by atoms with E-state index in [1.54, 1.807) is 11.3 Å². The van der Waals surface area contributed by atoms with Gasteiger partial charge in [-0.1, -0.05) is 6.07 Å². The van der Waals surface area contributed by atoms with Crippen LogP contribution in [0.5, 0.6) is 0 Å². The molecule has 1 aliphatic heterocycles. The zero-order chi connectivity index (χ0) is 14.1. The lowest BCUT2D eigenvalue weighted by molar-refractivity contribution is -0.118. The van der Waals surface area contributed by atoms with Crippen molar-refractivity contribution in [2.45, 2.75) is 26.2 Å². The molecule has 2 N–H and O–H groups in total. The Morgan fingerprint density at radius 1 is 1.35 bits per heavy atom. The fourth-order valence-corrected chi connectivity index (χ4v) is 3.62. The molecule has 1 aliphatic rings. The summed E-state index contributed by atoms with van der Waals surface area (Å²) in [6.07, 6.45) is 2.42. The smallest absolute Gasteiger partial charge is 0.232 e. The van der Waals surface area contributed by atoms with Gasteiger partial charge in [0.2, 0.25) is 5.91 Å². The number of aryl methyl sites for hydroxylation is 1. The minimum atomic E-state index is 0.165. The van der Waals surface area contributed by atoms with Crippen molar-refractivity contribution in [3.05, 3.63) is 45.6 Å². The van der Waals surface area contributed by atoms with Crippen LogP contribution in [0, 0.1) is 6.92 Å². The number of nitrogens with zero attached hydrogens (tertiary/aromatic N) is 1. The summed E-state index contributed by atoms with van der Waals surface area (Å²) in [6, 6.07) is 9.95. The van der Waals surface area contributed by atoms with E-state index < -0.39 is 0 Å². The molecule has 0 bridgehead atoms. The van der Waals surface area contributed by atoms with E-state index in [0.29, 0.717) is 6.42 Å². The number of anilines is 2. The average Bonchev–Trinajstić information content (AvgIpc) is 2.84. The van der Waals surface area contributed by atoms with E-state index in [1.807, 2.05) is 29.2 Å². The number of rotatable bonds is 2. The van der Waals surface area contributed by atoms with Crippen LogP contribution < -0.4 is 10.6 Å². The Morgan fingerprint density at radius 3 is 2.95 bits per heavy atom. The van der Waals surface area contributed by atoms with Gasteiger partial charge in [0.05, 0.1) is 6.42 Å². The highest BCUT2D eigenvalue weighted by atomic mass is 32.1. The Balaban J connectivity index is 1.85. The van der Waals surface area contributed by atoms with Gasteiger partial charge in [0.25, 0.3) is 0 Å². The van der Waals surface area contributed by atoms with Crippen LogP contribution in [0.1, 0.15) is 21.7 Å². The molecule has 2 heterocycles. The third kappa shape index (κ3) is 2.43. The van der Waals surface area contributed by atoms with Crippen LogP contribution in [0.15, 0.2) is 30.3 Å². The molecule has 1 amide bonds. The van der Waals surface area contributed by atoms with Gasteiger partial charge in [-0.3, -0.25) is 4.79 Å². The largest absolute Gasteiger partial charge is 0.398 e. The molecule has 4 heteroatoms. The fourth-order valence-electron chi connectivity index (χ4n) is 2.74. The molecule has 0 spiro atoms. The number of amides is 1. The van der Waals surface area contributed by atoms with Crippen molar-refractivity contribution in [3.8, 4) is 0 Å². The molecular formula is C16H18N2OS. The molecule has 0 radical (unpaired) electrons. The summed E-state index contributed by atoms with van der Waals surface area (Å²) in [6.45, 7) is 2.86. The number of nitrogens with two attached hydrogens (primary N) is 1. The predicted molar refractivity (Wildman–Crippen MR) is 84.3 cm³/mol. The van der Waals surface area contributed by atoms with Crippen LogP contribution in [-0.4, -0.2) is 12.5 Å². The van der Waals surface area contributed by atoms with E-state index in [-0.39, 0.29) is 5.91 Å². The van der Waals surface area contributed by atoms with Crippen LogP contribution in [0.2, 0.25) is 0 Å². The lowest BCUT2D eigenvalue weighted by Gasteiger charge is -2.30. The number of hydrogen-bond donors (Lipinski definition) is 1. The maximum Gasteiger partial charge on any atom is 0.232 e. The van der Waals surface area contributed by atoms with E-state index in [1.165, 1.54) is 4.88 Å². The topological polar surface area (TPSA) is 46.3 Å². The monoisotopic (exact) mass is 286 g/mol. The number of carbonyl (C=O) groups excluding carboxylic acids is 1. The SMILES string of the molecule is Cc1ccc(CC(=O)N2CCCc3c(N)cccc32)s1. The molecule has 0 aliphatic carbocycles. The van der Waals surface area contributed by atoms with Crippen LogP contribution >= 0.6 is 11.3 Å². The lowest BCUT2D eigenvalue weighted by Crippen LogP contribution is -2.36. The van der Waals surface area contributed by atoms with E-state index in [0.717, 1.165) is 41.2 Å². The summed E-state index contributed by atoms with van der Waals surface area (Å²) in [5.74, 6) is 0.165. The first-order valence-electron chi connectivity index (χ1n) is 6.88. The molecule has 0 fully saturated rings. The van der Waals surface area contributed by atoms with Gasteiger partial charge >= 0.3 is 0 Å². The fraction of sp³-hybridized carbons (Fsp3) is 0.312. The zero-order valence-corrected chi connectivity index (χ0v) is 12.4. The van der Waals surface area contributed by atoms with Gasteiger partial charge in [-0.15, -0.1) is 11.3 Å². The third-order valence-electron chi connectivity index (χ3n) is 3.71. The number of carbonyl (C=O) groups is 1. The van der Waals surface area contributed by atoms with Gasteiger partial charge in [-0.2, -0.15) is 0 Å². The van der Waals surface area contributed by atoms with Gasteiger partial charge in [-0.05, 0) is 49.6 Å². The maximum atomic E-state index is 12.5. The molecule has 20 heavy (non-hydrogen) atoms. The Labute approximate surface area is 123 Å². The number of hydrogen-bond acceptors (Lipinski definition) is 3. The lowest BCUT2D eigenvalue weighted by atomic mass is 9.99. The Bertz CT molecular complexity index is 648. The summed E-state index contributed by atoms with van der Waals surface area (Å²) in [7, 11) is 0. The van der Waals surface area contributed by atoms with Crippen molar-refractivity contribution < 1.29 is 4.79 Å². The molecule has 0 saturated carbocycles. The van der Waals surface area contributed by atoms with Crippen molar-refractivity contribution in [1.82, 2.24) is 0 Å². The van der Waals surface area contributed by atoms with E-state index >= 15 is 0 Å². The molecule has 104 valence electrons. The number of benzene rings is 1. The predicted octanol–water partition coefficient (Wildman–Crippen LogP) is 3.16. The second-order valence-corrected chi connectivity index (χ2v) is 6.56. The summed E-state index contributed by atoms with van der Waals surface area (Å²) in [5, 5.41) is 0. The van der Waals surface area contributed by atoms with E-state index in [4.69, 9.17) is 5.73 Å². The van der Waals surface area contributed by atoms with Crippen LogP contribution in [0.25, 0.3) is 0 Å². The van der Waals surface area contributed by atoms with Crippen molar-refractivity contribution in [1.29, 1.82) is 0 Å². The molecular weight excluding hydrogens is 268 g/mol. The van der Waals surface area contributed by atoms with Crippen molar-refractivity contribution in [2.75, 3.05) is 17.2 Å². The van der Waals surface area contributed by atoms with Gasteiger partial charge in [-0.25, -0.2) is 0 Å². The molecule has 3 nitrogen and oxygen atoms in total. The maximum absolute atomic E-state index is 12.5. The highest BCUT2D eigenvalue weighted by Gasteiger charge is 2.23. The number of fused-ring (bicyclic) bond motifs is 1. The van der Waals surface area contributed by atoms with Crippen molar-refractivity contribution >= 4 is 28.6 Å². The van der Waals surface area contributed by atoms with Gasteiger partial charge < -0.3 is 10.6 Å². The second-order valence-electron chi connectivity index (χ2n) is 5.18. The van der Waals surface area contributed by atoms with E-state index in [9.17, 15) is 4.79 Å². The molecule has 3 rings (SSSR count). The second kappa shape index (κ2) is 5.29. The minimum absolute atomic E-state index is 0.165. The molecule has 1 aromatic carbocycles. The minimum Gasteiger partial charge on any atom is -0.398 e. The standard InChI is InChI=1S/C16H18N2OS/c1-11-7-8-12(20-11)10-16(19)18-9-3-4-13-14(17)5-2-6-15(13)18/h2,5-8H,3-4,9-10,17H2,1H3. The Morgan fingerprint density at radius 2 is 2.20 bits per heavy atom. The quantitative estimate of drug-likeness (QED) is 0.862. The van der Waals surface area contributed by atoms with E-state index in [2.05, 4.69) is 13.0 Å². The third-order valence-corrected chi connectivity index (χ3v) is 4.71. The highest BCUT2D eigenvalue weighted by molar-refractivity contribution is 7.12. The van der Waals surface area contributed by atoms with Crippen LogP contribution in [0.4, 0.5) is 11.4 Å². The van der Waals surface area contributed by atoms with Crippen molar-refractivity contribution in [3.63, 3.8) is 0 Å². The first-order valence-corrected chi connectivity index (χ1v) is 7.70. The first kappa shape index (κ1) is 13.2. The summed E-state index contributed by atoms with van der Waals surface area (Å²) in [4.78, 5) is 16.8. The van der Waals surface area contributed by atoms with Gasteiger partial charge in [0.1, 0.15) is 0 Å². The number of nitrogen functional groups attached to an aromatic ring is 1. The highest BCUT2D eigenvalue weighted by Crippen LogP contribution is 2.31. The molecule has 0 unspecified atom stereocenters. The summed E-state index contributed by atoms with van der Waals surface area (Å²) in [5.41, 5.74) is 8.94. The Kier molecular flexibility index (Phi) is 3.49. The first-order chi connectivity index (χ1) is 9.65. The zero-order valence-electron chi connectivity index (χ0n) is 11.6. The Hall–Kier alpha value is -1.81. The average molecular weight is 286 g/mol. The molecule has 1 aromatic heterocycles. The van der Waals surface area contributed by atoms with Crippen molar-refractivity contribution in [2.24, 2.45) is 0 Å². The molecule has 0 atom stereocenters. The summed E-state index contributed by atoms with van der Waals surface area (Å²) >= 11 is 1.69. The number of thiophene rings is 1. The molecule has 2 aromatic rings. The van der Waals surface area contributed by atoms with Crippen LogP contribution in [-0.2, 0) is 17.6 Å². The van der Waals surface area contributed by atoms with Crippen LogP contribution in [0.3, 0.4) is 0 Å². The summed E-state index contributed by atoms with van der Waals surface area (Å²) < 4.78 is 0. The van der Waals surface area contributed by atoms with Gasteiger partial charge in [0.15, 0.2) is 0 Å². The van der Waals surface area contributed by atoms with Gasteiger partial charge in [0, 0.05) is 27.7 Å². The normalized spacial score (nSPS) is 14.2. The molecule has 0 saturated heterocycles.